The molecule has 0 saturated carbocycles. The highest BCUT2D eigenvalue weighted by Gasteiger charge is 2.07. The lowest BCUT2D eigenvalue weighted by Gasteiger charge is -2.15. The van der Waals surface area contributed by atoms with Gasteiger partial charge in [-0.2, -0.15) is 0 Å². The molecule has 0 radical (unpaired) electrons. The van der Waals surface area contributed by atoms with E-state index < -0.39 is 0 Å². The maximum absolute atomic E-state index is 6.16. The SMILES string of the molecule is CCC(CC)CCCC(N)c1ccccc1. The third kappa shape index (κ3) is 4.36. The fraction of sp³-hybridized carbons (Fsp3) is 0.600. The highest BCUT2D eigenvalue weighted by Crippen LogP contribution is 2.21. The van der Waals surface area contributed by atoms with E-state index in [1.165, 1.54) is 31.2 Å². The summed E-state index contributed by atoms with van der Waals surface area (Å²) in [5.74, 6) is 0.892. The molecular weight excluding hydrogens is 194 g/mol. The first-order chi connectivity index (χ1) is 7.77. The predicted molar refractivity (Wildman–Crippen MR) is 71.3 cm³/mol. The first-order valence-corrected chi connectivity index (χ1v) is 6.58. The Balaban J connectivity index is 2.28. The zero-order valence-corrected chi connectivity index (χ0v) is 10.7. The molecule has 0 aromatic heterocycles. The molecule has 0 fully saturated rings. The summed E-state index contributed by atoms with van der Waals surface area (Å²) in [5.41, 5.74) is 7.43. The molecular formula is C15H25N. The Bertz CT molecular complexity index is 264. The second-order valence-corrected chi connectivity index (χ2v) is 4.63. The van der Waals surface area contributed by atoms with Crippen LogP contribution < -0.4 is 5.73 Å². The molecule has 1 unspecified atom stereocenters. The van der Waals surface area contributed by atoms with Gasteiger partial charge in [0.05, 0.1) is 0 Å². The van der Waals surface area contributed by atoms with E-state index in [0.29, 0.717) is 0 Å². The van der Waals surface area contributed by atoms with Crippen molar-refractivity contribution in [3.8, 4) is 0 Å². The van der Waals surface area contributed by atoms with Crippen molar-refractivity contribution in [2.24, 2.45) is 11.7 Å². The molecule has 0 aliphatic heterocycles. The largest absolute Gasteiger partial charge is 0.324 e. The van der Waals surface area contributed by atoms with Crippen LogP contribution in [0.15, 0.2) is 30.3 Å². The Morgan fingerprint density at radius 1 is 1.00 bits per heavy atom. The van der Waals surface area contributed by atoms with E-state index in [4.69, 9.17) is 5.73 Å². The van der Waals surface area contributed by atoms with Crippen LogP contribution in [0, 0.1) is 5.92 Å². The van der Waals surface area contributed by atoms with Crippen LogP contribution in [0.25, 0.3) is 0 Å². The van der Waals surface area contributed by atoms with Gasteiger partial charge in [0.2, 0.25) is 0 Å². The summed E-state index contributed by atoms with van der Waals surface area (Å²) < 4.78 is 0. The van der Waals surface area contributed by atoms with E-state index in [0.717, 1.165) is 12.3 Å². The van der Waals surface area contributed by atoms with E-state index in [1.807, 2.05) is 6.07 Å². The summed E-state index contributed by atoms with van der Waals surface area (Å²) in [7, 11) is 0. The van der Waals surface area contributed by atoms with Gasteiger partial charge in [-0.25, -0.2) is 0 Å². The Morgan fingerprint density at radius 3 is 2.19 bits per heavy atom. The maximum atomic E-state index is 6.16. The van der Waals surface area contributed by atoms with Crippen LogP contribution in [0.5, 0.6) is 0 Å². The Labute approximate surface area is 100 Å². The van der Waals surface area contributed by atoms with E-state index in [-0.39, 0.29) is 6.04 Å². The summed E-state index contributed by atoms with van der Waals surface area (Å²) in [5, 5.41) is 0. The van der Waals surface area contributed by atoms with E-state index in [1.54, 1.807) is 0 Å². The fourth-order valence-corrected chi connectivity index (χ4v) is 2.19. The molecule has 0 saturated heterocycles. The van der Waals surface area contributed by atoms with Crippen molar-refractivity contribution < 1.29 is 0 Å². The molecule has 0 bridgehead atoms. The van der Waals surface area contributed by atoms with Crippen LogP contribution in [0.1, 0.15) is 57.6 Å². The fourth-order valence-electron chi connectivity index (χ4n) is 2.19. The summed E-state index contributed by atoms with van der Waals surface area (Å²) in [6.45, 7) is 4.57. The highest BCUT2D eigenvalue weighted by atomic mass is 14.6. The number of nitrogens with two attached hydrogens (primary N) is 1. The number of benzene rings is 1. The van der Waals surface area contributed by atoms with Gasteiger partial charge in [-0.15, -0.1) is 0 Å². The van der Waals surface area contributed by atoms with E-state index in [2.05, 4.69) is 38.1 Å². The molecule has 1 heteroatoms. The first kappa shape index (κ1) is 13.2. The second kappa shape index (κ2) is 7.45. The minimum atomic E-state index is 0.218. The molecule has 1 rings (SSSR count). The minimum absolute atomic E-state index is 0.218. The summed E-state index contributed by atoms with van der Waals surface area (Å²) >= 11 is 0. The summed E-state index contributed by atoms with van der Waals surface area (Å²) in [4.78, 5) is 0. The van der Waals surface area contributed by atoms with Crippen molar-refractivity contribution in [3.05, 3.63) is 35.9 Å². The van der Waals surface area contributed by atoms with Gasteiger partial charge in [-0.1, -0.05) is 69.9 Å². The molecule has 2 N–H and O–H groups in total. The van der Waals surface area contributed by atoms with Crippen molar-refractivity contribution in [2.45, 2.75) is 52.0 Å². The van der Waals surface area contributed by atoms with Gasteiger partial charge in [0.15, 0.2) is 0 Å². The number of hydrogen-bond acceptors (Lipinski definition) is 1. The van der Waals surface area contributed by atoms with Crippen LogP contribution in [0.3, 0.4) is 0 Å². The summed E-state index contributed by atoms with van der Waals surface area (Å²) in [6, 6.07) is 10.6. The van der Waals surface area contributed by atoms with Gasteiger partial charge < -0.3 is 5.73 Å². The number of rotatable bonds is 7. The lowest BCUT2D eigenvalue weighted by Crippen LogP contribution is -2.10. The molecule has 0 spiro atoms. The Kier molecular flexibility index (Phi) is 6.17. The van der Waals surface area contributed by atoms with Crippen molar-refractivity contribution in [3.63, 3.8) is 0 Å². The third-order valence-electron chi connectivity index (χ3n) is 3.51. The van der Waals surface area contributed by atoms with Crippen molar-refractivity contribution in [1.82, 2.24) is 0 Å². The lowest BCUT2D eigenvalue weighted by atomic mass is 9.94. The quantitative estimate of drug-likeness (QED) is 0.727. The lowest BCUT2D eigenvalue weighted by molar-refractivity contribution is 0.422. The van der Waals surface area contributed by atoms with Crippen LogP contribution in [-0.2, 0) is 0 Å². The topological polar surface area (TPSA) is 26.0 Å². The standard InChI is InChI=1S/C15H25N/c1-3-13(4-2)9-8-12-15(16)14-10-6-5-7-11-14/h5-7,10-11,13,15H,3-4,8-9,12,16H2,1-2H3. The third-order valence-corrected chi connectivity index (χ3v) is 3.51. The summed E-state index contributed by atoms with van der Waals surface area (Å²) in [6.07, 6.45) is 6.30. The predicted octanol–water partition coefficient (Wildman–Crippen LogP) is 4.29. The second-order valence-electron chi connectivity index (χ2n) is 4.63. The number of hydrogen-bond donors (Lipinski definition) is 1. The van der Waals surface area contributed by atoms with E-state index in [9.17, 15) is 0 Å². The Hall–Kier alpha value is -0.820. The molecule has 16 heavy (non-hydrogen) atoms. The van der Waals surface area contributed by atoms with E-state index >= 15 is 0 Å². The van der Waals surface area contributed by atoms with Gasteiger partial charge in [0, 0.05) is 6.04 Å². The maximum Gasteiger partial charge on any atom is 0.0294 e. The van der Waals surface area contributed by atoms with Gasteiger partial charge >= 0.3 is 0 Å². The Morgan fingerprint density at radius 2 is 1.62 bits per heavy atom. The van der Waals surface area contributed by atoms with Gasteiger partial charge in [0.25, 0.3) is 0 Å². The van der Waals surface area contributed by atoms with Crippen molar-refractivity contribution in [1.29, 1.82) is 0 Å². The van der Waals surface area contributed by atoms with Crippen LogP contribution in [-0.4, -0.2) is 0 Å². The monoisotopic (exact) mass is 219 g/mol. The molecule has 0 amide bonds. The highest BCUT2D eigenvalue weighted by molar-refractivity contribution is 5.18. The molecule has 90 valence electrons. The minimum Gasteiger partial charge on any atom is -0.324 e. The van der Waals surface area contributed by atoms with Crippen molar-refractivity contribution >= 4 is 0 Å². The first-order valence-electron chi connectivity index (χ1n) is 6.58. The molecule has 1 atom stereocenters. The molecule has 1 nitrogen and oxygen atoms in total. The van der Waals surface area contributed by atoms with Crippen LogP contribution in [0.4, 0.5) is 0 Å². The van der Waals surface area contributed by atoms with Crippen LogP contribution in [0.2, 0.25) is 0 Å². The molecule has 1 aromatic carbocycles. The molecule has 0 heterocycles. The average Bonchev–Trinajstić information content (AvgIpc) is 2.35. The van der Waals surface area contributed by atoms with Crippen molar-refractivity contribution in [2.75, 3.05) is 0 Å². The molecule has 0 aliphatic rings. The smallest absolute Gasteiger partial charge is 0.0294 e. The van der Waals surface area contributed by atoms with Gasteiger partial charge in [-0.3, -0.25) is 0 Å². The zero-order valence-electron chi connectivity index (χ0n) is 10.7. The zero-order chi connectivity index (χ0) is 11.8. The van der Waals surface area contributed by atoms with Gasteiger partial charge in [0.1, 0.15) is 0 Å². The van der Waals surface area contributed by atoms with Gasteiger partial charge in [-0.05, 0) is 17.9 Å². The van der Waals surface area contributed by atoms with Crippen LogP contribution >= 0.6 is 0 Å². The molecule has 0 aliphatic carbocycles. The normalized spacial score (nSPS) is 13.0. The molecule has 1 aromatic rings. The average molecular weight is 219 g/mol.